The molecule has 2 saturated carbocycles. The van der Waals surface area contributed by atoms with Gasteiger partial charge in [-0.15, -0.1) is 0 Å². The molecule has 0 aromatic rings. The van der Waals surface area contributed by atoms with Crippen LogP contribution in [0.2, 0.25) is 0 Å². The Labute approximate surface area is 110 Å². The molecule has 0 aromatic carbocycles. The lowest BCUT2D eigenvalue weighted by atomic mass is 9.83. The Kier molecular flexibility index (Phi) is 3.94. The Hall–Kier alpha value is -1.04. The maximum Gasteiger partial charge on any atom is 0.243 e. The van der Waals surface area contributed by atoms with Crippen LogP contribution in [0.4, 0.5) is 0 Å². The van der Waals surface area contributed by atoms with Gasteiger partial charge in [0, 0.05) is 13.1 Å². The van der Waals surface area contributed by atoms with Crippen molar-refractivity contribution in [2.45, 2.75) is 64.3 Å². The Morgan fingerprint density at radius 3 is 2.28 bits per heavy atom. The molecule has 0 bridgehead atoms. The molecule has 0 aliphatic heterocycles. The number of hydrogen-bond donors (Lipinski definition) is 0. The maximum absolute atomic E-state index is 12.6. The largest absolute Gasteiger partial charge is 0.341 e. The zero-order valence-electron chi connectivity index (χ0n) is 11.6. The molecule has 2 aliphatic carbocycles. The van der Waals surface area contributed by atoms with E-state index in [2.05, 4.69) is 13.0 Å². The van der Waals surface area contributed by atoms with E-state index < -0.39 is 5.41 Å². The van der Waals surface area contributed by atoms with Crippen molar-refractivity contribution in [3.8, 4) is 6.07 Å². The van der Waals surface area contributed by atoms with Gasteiger partial charge in [-0.1, -0.05) is 19.8 Å². The Balaban J connectivity index is 2.02. The highest BCUT2D eigenvalue weighted by atomic mass is 16.2. The van der Waals surface area contributed by atoms with Crippen LogP contribution in [-0.4, -0.2) is 23.9 Å². The summed E-state index contributed by atoms with van der Waals surface area (Å²) >= 11 is 0. The summed E-state index contributed by atoms with van der Waals surface area (Å²) in [6.07, 6.45) is 8.19. The van der Waals surface area contributed by atoms with E-state index in [4.69, 9.17) is 0 Å². The van der Waals surface area contributed by atoms with Crippen LogP contribution in [0.5, 0.6) is 0 Å². The van der Waals surface area contributed by atoms with Crippen molar-refractivity contribution < 1.29 is 4.79 Å². The summed E-state index contributed by atoms with van der Waals surface area (Å²) in [5.41, 5.74) is -0.697. The van der Waals surface area contributed by atoms with Gasteiger partial charge in [-0.2, -0.15) is 5.26 Å². The van der Waals surface area contributed by atoms with E-state index in [0.717, 1.165) is 44.4 Å². The van der Waals surface area contributed by atoms with Gasteiger partial charge in [0.15, 0.2) is 0 Å². The average molecular weight is 248 g/mol. The van der Waals surface area contributed by atoms with Crippen LogP contribution in [0, 0.1) is 22.7 Å². The zero-order valence-corrected chi connectivity index (χ0v) is 11.6. The molecule has 2 rings (SSSR count). The fourth-order valence-electron chi connectivity index (χ4n) is 3.49. The Morgan fingerprint density at radius 1 is 1.22 bits per heavy atom. The third-order valence-electron chi connectivity index (χ3n) is 4.93. The molecule has 2 aliphatic rings. The average Bonchev–Trinajstić information content (AvgIpc) is 2.88. The summed E-state index contributed by atoms with van der Waals surface area (Å²) in [5, 5.41) is 9.38. The highest BCUT2D eigenvalue weighted by Gasteiger charge is 2.44. The standard InChI is InChI=1S/C15H24N2O/c1-12-5-7-13(8-6-12)17(2)14(18)15(11-16)9-3-4-10-15/h12-13H,3-10H2,1-2H3. The second-order valence-electron chi connectivity index (χ2n) is 6.23. The molecule has 0 aromatic heterocycles. The number of carbonyl (C=O) groups excluding carboxylic acids is 1. The summed E-state index contributed by atoms with van der Waals surface area (Å²) in [4.78, 5) is 14.5. The highest BCUT2D eigenvalue weighted by Crippen LogP contribution is 2.40. The number of rotatable bonds is 2. The van der Waals surface area contributed by atoms with Crippen LogP contribution in [0.25, 0.3) is 0 Å². The quantitative estimate of drug-likeness (QED) is 0.753. The third kappa shape index (κ3) is 2.39. The summed E-state index contributed by atoms with van der Waals surface area (Å²) in [6, 6.07) is 2.68. The van der Waals surface area contributed by atoms with Gasteiger partial charge in [-0.05, 0) is 44.4 Å². The van der Waals surface area contributed by atoms with Gasteiger partial charge < -0.3 is 4.90 Å². The molecule has 0 atom stereocenters. The lowest BCUT2D eigenvalue weighted by Gasteiger charge is -2.36. The van der Waals surface area contributed by atoms with Gasteiger partial charge in [0.2, 0.25) is 5.91 Å². The van der Waals surface area contributed by atoms with E-state index in [1.807, 2.05) is 11.9 Å². The maximum atomic E-state index is 12.6. The smallest absolute Gasteiger partial charge is 0.243 e. The minimum atomic E-state index is -0.697. The van der Waals surface area contributed by atoms with E-state index in [0.29, 0.717) is 6.04 Å². The van der Waals surface area contributed by atoms with Gasteiger partial charge >= 0.3 is 0 Å². The minimum Gasteiger partial charge on any atom is -0.341 e. The van der Waals surface area contributed by atoms with Crippen LogP contribution < -0.4 is 0 Å². The van der Waals surface area contributed by atoms with Crippen LogP contribution in [0.1, 0.15) is 58.3 Å². The molecular weight excluding hydrogens is 224 g/mol. The second-order valence-corrected chi connectivity index (χ2v) is 6.23. The van der Waals surface area contributed by atoms with Gasteiger partial charge in [-0.25, -0.2) is 0 Å². The first-order chi connectivity index (χ1) is 8.59. The molecule has 0 N–H and O–H groups in total. The van der Waals surface area contributed by atoms with Crippen molar-refractivity contribution >= 4 is 5.91 Å². The molecule has 18 heavy (non-hydrogen) atoms. The summed E-state index contributed by atoms with van der Waals surface area (Å²) < 4.78 is 0. The molecule has 0 heterocycles. The van der Waals surface area contributed by atoms with E-state index >= 15 is 0 Å². The molecule has 3 heteroatoms. The lowest BCUT2D eigenvalue weighted by molar-refractivity contribution is -0.140. The van der Waals surface area contributed by atoms with Gasteiger partial charge in [0.1, 0.15) is 5.41 Å². The number of carbonyl (C=O) groups is 1. The molecule has 2 fully saturated rings. The van der Waals surface area contributed by atoms with Crippen LogP contribution >= 0.6 is 0 Å². The number of nitriles is 1. The Bertz CT molecular complexity index is 344. The topological polar surface area (TPSA) is 44.1 Å². The minimum absolute atomic E-state index is 0.0852. The van der Waals surface area contributed by atoms with Crippen molar-refractivity contribution in [1.29, 1.82) is 5.26 Å². The summed E-state index contributed by atoms with van der Waals surface area (Å²) in [7, 11) is 1.90. The first-order valence-corrected chi connectivity index (χ1v) is 7.27. The number of nitrogens with zero attached hydrogens (tertiary/aromatic N) is 2. The van der Waals surface area contributed by atoms with Crippen LogP contribution in [0.3, 0.4) is 0 Å². The van der Waals surface area contributed by atoms with Crippen molar-refractivity contribution in [1.82, 2.24) is 4.90 Å². The van der Waals surface area contributed by atoms with Gasteiger partial charge in [0.25, 0.3) is 0 Å². The molecular formula is C15H24N2O. The molecule has 0 spiro atoms. The predicted molar refractivity (Wildman–Crippen MR) is 70.7 cm³/mol. The van der Waals surface area contributed by atoms with Crippen LogP contribution in [-0.2, 0) is 4.79 Å². The molecule has 100 valence electrons. The van der Waals surface area contributed by atoms with Crippen molar-refractivity contribution in [2.75, 3.05) is 7.05 Å². The van der Waals surface area contributed by atoms with E-state index in [9.17, 15) is 10.1 Å². The molecule has 0 saturated heterocycles. The number of hydrogen-bond acceptors (Lipinski definition) is 2. The SMILES string of the molecule is CC1CCC(N(C)C(=O)C2(C#N)CCCC2)CC1. The fourth-order valence-corrected chi connectivity index (χ4v) is 3.49. The molecule has 0 radical (unpaired) electrons. The fraction of sp³-hybridized carbons (Fsp3) is 0.867. The van der Waals surface area contributed by atoms with E-state index in [1.54, 1.807) is 0 Å². The van der Waals surface area contributed by atoms with Crippen LogP contribution in [0.15, 0.2) is 0 Å². The first kappa shape index (κ1) is 13.4. The van der Waals surface area contributed by atoms with Gasteiger partial charge in [0.05, 0.1) is 6.07 Å². The van der Waals surface area contributed by atoms with Crippen molar-refractivity contribution in [3.63, 3.8) is 0 Å². The van der Waals surface area contributed by atoms with E-state index in [-0.39, 0.29) is 5.91 Å². The number of amides is 1. The highest BCUT2D eigenvalue weighted by molar-refractivity contribution is 5.85. The molecule has 3 nitrogen and oxygen atoms in total. The summed E-state index contributed by atoms with van der Waals surface area (Å²) in [6.45, 7) is 2.28. The summed E-state index contributed by atoms with van der Waals surface area (Å²) in [5.74, 6) is 0.878. The molecule has 1 amide bonds. The Morgan fingerprint density at radius 2 is 1.78 bits per heavy atom. The monoisotopic (exact) mass is 248 g/mol. The van der Waals surface area contributed by atoms with Gasteiger partial charge in [-0.3, -0.25) is 4.79 Å². The molecule has 0 unspecified atom stereocenters. The van der Waals surface area contributed by atoms with E-state index in [1.165, 1.54) is 12.8 Å². The predicted octanol–water partition coefficient (Wildman–Crippen LogP) is 3.11. The second kappa shape index (κ2) is 5.30. The third-order valence-corrected chi connectivity index (χ3v) is 4.93. The zero-order chi connectivity index (χ0) is 13.2. The van der Waals surface area contributed by atoms with Crippen molar-refractivity contribution in [2.24, 2.45) is 11.3 Å². The van der Waals surface area contributed by atoms with Crippen molar-refractivity contribution in [3.05, 3.63) is 0 Å². The first-order valence-electron chi connectivity index (χ1n) is 7.27. The normalized spacial score (nSPS) is 30.7. The lowest BCUT2D eigenvalue weighted by Crippen LogP contribution is -2.46.